The molecule has 0 saturated carbocycles. The Labute approximate surface area is 85.0 Å². The van der Waals surface area contributed by atoms with Gasteiger partial charge in [0.15, 0.2) is 0 Å². The summed E-state index contributed by atoms with van der Waals surface area (Å²) >= 11 is 0. The molecule has 80 valence electrons. The first-order chi connectivity index (χ1) is 6.97. The van der Waals surface area contributed by atoms with Crippen LogP contribution in [0.25, 0.3) is 0 Å². The lowest BCUT2D eigenvalue weighted by atomic mass is 10.1. The van der Waals surface area contributed by atoms with Crippen molar-refractivity contribution >= 4 is 17.1 Å². The van der Waals surface area contributed by atoms with Crippen LogP contribution in [0.3, 0.4) is 0 Å². The number of non-ortho nitro benzene ring substituents is 1. The molecule has 0 aliphatic rings. The monoisotopic (exact) mass is 211 g/mol. The highest BCUT2D eigenvalue weighted by Crippen LogP contribution is 2.30. The normalized spacial score (nSPS) is 9.73. The van der Waals surface area contributed by atoms with E-state index in [-0.39, 0.29) is 11.4 Å². The van der Waals surface area contributed by atoms with Crippen molar-refractivity contribution in [1.29, 1.82) is 0 Å². The molecule has 0 fully saturated rings. The van der Waals surface area contributed by atoms with Crippen LogP contribution in [0.2, 0.25) is 0 Å². The highest BCUT2D eigenvalue weighted by atomic mass is 16.6. The molecule has 0 aromatic heterocycles. The minimum absolute atomic E-state index is 0.256. The van der Waals surface area contributed by atoms with E-state index in [0.29, 0.717) is 11.3 Å². The molecule has 0 bridgehead atoms. The summed E-state index contributed by atoms with van der Waals surface area (Å²) in [6.45, 7) is 1.54. The van der Waals surface area contributed by atoms with Crippen LogP contribution in [0, 0.1) is 27.2 Å². The number of nitro groups is 2. The second kappa shape index (κ2) is 3.91. The second-order valence-corrected chi connectivity index (χ2v) is 2.90. The predicted molar refractivity (Wildman–Crippen MR) is 54.0 cm³/mol. The lowest BCUT2D eigenvalue weighted by Gasteiger charge is -2.04. The molecular weight excluding hydrogens is 202 g/mol. The second-order valence-electron chi connectivity index (χ2n) is 2.90. The molecule has 0 aliphatic carbocycles. The topological polar surface area (TPSA) is 98.3 Å². The van der Waals surface area contributed by atoms with Gasteiger partial charge in [-0.05, 0) is 6.92 Å². The fraction of sp³-hybridized carbons (Fsp3) is 0.250. The number of nitrogens with zero attached hydrogens (tertiary/aromatic N) is 2. The lowest BCUT2D eigenvalue weighted by molar-refractivity contribution is -0.394. The minimum Gasteiger partial charge on any atom is -0.387 e. The minimum atomic E-state index is -0.659. The van der Waals surface area contributed by atoms with E-state index in [1.54, 1.807) is 7.05 Å². The first-order valence-corrected chi connectivity index (χ1v) is 4.08. The fourth-order valence-electron chi connectivity index (χ4n) is 1.24. The summed E-state index contributed by atoms with van der Waals surface area (Å²) in [6.07, 6.45) is 0. The Morgan fingerprint density at radius 2 is 1.80 bits per heavy atom. The van der Waals surface area contributed by atoms with Crippen LogP contribution in [0.5, 0.6) is 0 Å². The number of hydrogen-bond donors (Lipinski definition) is 1. The van der Waals surface area contributed by atoms with Crippen molar-refractivity contribution in [1.82, 2.24) is 0 Å². The number of nitrogens with one attached hydrogen (secondary N) is 1. The van der Waals surface area contributed by atoms with Crippen LogP contribution < -0.4 is 5.32 Å². The molecule has 1 N–H and O–H groups in total. The van der Waals surface area contributed by atoms with Gasteiger partial charge in [-0.1, -0.05) is 0 Å². The smallest absolute Gasteiger partial charge is 0.281 e. The summed E-state index contributed by atoms with van der Waals surface area (Å²) in [5, 5.41) is 23.8. The Morgan fingerprint density at radius 1 is 1.20 bits per heavy atom. The summed E-state index contributed by atoms with van der Waals surface area (Å²) in [4.78, 5) is 19.8. The van der Waals surface area contributed by atoms with Gasteiger partial charge in [0.05, 0.1) is 27.2 Å². The highest BCUT2D eigenvalue weighted by Gasteiger charge is 2.20. The quantitative estimate of drug-likeness (QED) is 0.607. The van der Waals surface area contributed by atoms with Crippen LogP contribution in [0.4, 0.5) is 17.1 Å². The fourth-order valence-corrected chi connectivity index (χ4v) is 1.24. The van der Waals surface area contributed by atoms with Gasteiger partial charge in [0.2, 0.25) is 0 Å². The van der Waals surface area contributed by atoms with E-state index in [0.717, 1.165) is 6.07 Å². The van der Waals surface area contributed by atoms with Gasteiger partial charge in [-0.3, -0.25) is 20.2 Å². The molecule has 0 atom stereocenters. The van der Waals surface area contributed by atoms with E-state index >= 15 is 0 Å². The summed E-state index contributed by atoms with van der Waals surface area (Å²) in [6, 6.07) is 2.22. The summed E-state index contributed by atoms with van der Waals surface area (Å²) < 4.78 is 0. The van der Waals surface area contributed by atoms with Crippen molar-refractivity contribution < 1.29 is 9.85 Å². The maximum Gasteiger partial charge on any atom is 0.281 e. The van der Waals surface area contributed by atoms with Crippen LogP contribution in [0.15, 0.2) is 12.1 Å². The third kappa shape index (κ3) is 2.01. The van der Waals surface area contributed by atoms with Gasteiger partial charge in [-0.25, -0.2) is 0 Å². The zero-order valence-corrected chi connectivity index (χ0v) is 8.18. The molecule has 7 nitrogen and oxygen atoms in total. The van der Waals surface area contributed by atoms with Crippen LogP contribution in [0.1, 0.15) is 5.56 Å². The summed E-state index contributed by atoms with van der Waals surface area (Å²) in [5.74, 6) is 0. The molecule has 1 aromatic carbocycles. The predicted octanol–water partition coefficient (Wildman–Crippen LogP) is 1.85. The first-order valence-electron chi connectivity index (χ1n) is 4.08. The number of rotatable bonds is 3. The lowest BCUT2D eigenvalue weighted by Crippen LogP contribution is -2.00. The molecule has 15 heavy (non-hydrogen) atoms. The van der Waals surface area contributed by atoms with Gasteiger partial charge < -0.3 is 5.32 Å². The van der Waals surface area contributed by atoms with Crippen LogP contribution in [-0.4, -0.2) is 16.9 Å². The summed E-state index contributed by atoms with van der Waals surface area (Å²) in [7, 11) is 1.55. The van der Waals surface area contributed by atoms with Crippen molar-refractivity contribution in [2.24, 2.45) is 0 Å². The average Bonchev–Trinajstić information content (AvgIpc) is 2.17. The Kier molecular flexibility index (Phi) is 2.84. The van der Waals surface area contributed by atoms with E-state index in [2.05, 4.69) is 5.32 Å². The molecule has 1 aromatic rings. The Bertz CT molecular complexity index is 430. The highest BCUT2D eigenvalue weighted by molar-refractivity contribution is 5.65. The average molecular weight is 211 g/mol. The third-order valence-electron chi connectivity index (χ3n) is 2.04. The number of benzene rings is 1. The molecule has 0 radical (unpaired) electrons. The van der Waals surface area contributed by atoms with Crippen molar-refractivity contribution in [2.75, 3.05) is 12.4 Å². The van der Waals surface area contributed by atoms with E-state index < -0.39 is 9.85 Å². The molecule has 0 saturated heterocycles. The van der Waals surface area contributed by atoms with Gasteiger partial charge in [0.1, 0.15) is 0 Å². The van der Waals surface area contributed by atoms with Crippen molar-refractivity contribution in [3.63, 3.8) is 0 Å². The van der Waals surface area contributed by atoms with Gasteiger partial charge in [0.25, 0.3) is 11.4 Å². The standard InChI is InChI=1S/C8H9N3O4/c1-5-7(9-2)3-6(10(12)13)4-8(5)11(14)15/h3-4,9H,1-2H3. The third-order valence-corrected chi connectivity index (χ3v) is 2.04. The van der Waals surface area contributed by atoms with E-state index in [9.17, 15) is 20.2 Å². The SMILES string of the molecule is CNc1cc([N+](=O)[O-])cc([N+](=O)[O-])c1C. The molecule has 0 amide bonds. The number of hydrogen-bond acceptors (Lipinski definition) is 5. The van der Waals surface area contributed by atoms with Crippen molar-refractivity contribution in [2.45, 2.75) is 6.92 Å². The Balaban J connectivity index is 3.45. The molecule has 0 spiro atoms. The van der Waals surface area contributed by atoms with Crippen LogP contribution in [-0.2, 0) is 0 Å². The molecule has 0 unspecified atom stereocenters. The van der Waals surface area contributed by atoms with Crippen molar-refractivity contribution in [3.05, 3.63) is 37.9 Å². The summed E-state index contributed by atoms with van der Waals surface area (Å²) in [5.41, 5.74) is 0.217. The molecule has 0 aliphatic heterocycles. The number of anilines is 1. The molecular formula is C8H9N3O4. The number of nitro benzene ring substituents is 2. The van der Waals surface area contributed by atoms with Gasteiger partial charge in [-0.2, -0.15) is 0 Å². The van der Waals surface area contributed by atoms with Crippen molar-refractivity contribution in [3.8, 4) is 0 Å². The van der Waals surface area contributed by atoms with Crippen LogP contribution >= 0.6 is 0 Å². The van der Waals surface area contributed by atoms with Gasteiger partial charge in [-0.15, -0.1) is 0 Å². The zero-order valence-electron chi connectivity index (χ0n) is 8.18. The molecule has 0 heterocycles. The van der Waals surface area contributed by atoms with Gasteiger partial charge in [0, 0.05) is 13.1 Å². The maximum atomic E-state index is 10.6. The van der Waals surface area contributed by atoms with Gasteiger partial charge >= 0.3 is 0 Å². The van der Waals surface area contributed by atoms with E-state index in [1.807, 2.05) is 0 Å². The Hall–Kier alpha value is -2.18. The van der Waals surface area contributed by atoms with E-state index in [1.165, 1.54) is 13.0 Å². The Morgan fingerprint density at radius 3 is 2.20 bits per heavy atom. The first kappa shape index (κ1) is 10.9. The zero-order chi connectivity index (χ0) is 11.6. The molecule has 7 heteroatoms. The molecule has 1 rings (SSSR count). The van der Waals surface area contributed by atoms with E-state index in [4.69, 9.17) is 0 Å². The largest absolute Gasteiger partial charge is 0.387 e. The maximum absolute atomic E-state index is 10.6.